The van der Waals surface area contributed by atoms with Crippen LogP contribution in [0.5, 0.6) is 5.75 Å². The summed E-state index contributed by atoms with van der Waals surface area (Å²) in [6.07, 6.45) is 1.57. The molecule has 17 heavy (non-hydrogen) atoms. The van der Waals surface area contributed by atoms with Crippen LogP contribution in [-0.2, 0) is 6.54 Å². The molecular formula is C13H12N2O2. The van der Waals surface area contributed by atoms with Crippen LogP contribution in [0.15, 0.2) is 48.7 Å². The fourth-order valence-electron chi connectivity index (χ4n) is 1.44. The monoisotopic (exact) mass is 228 g/mol. The van der Waals surface area contributed by atoms with Crippen LogP contribution < -0.4 is 5.32 Å². The fraction of sp³-hybridized carbons (Fsp3) is 0.0769. The highest BCUT2D eigenvalue weighted by Gasteiger charge is 2.05. The third-order valence-corrected chi connectivity index (χ3v) is 2.26. The van der Waals surface area contributed by atoms with Crippen molar-refractivity contribution in [1.29, 1.82) is 0 Å². The zero-order chi connectivity index (χ0) is 12.1. The van der Waals surface area contributed by atoms with E-state index in [1.807, 2.05) is 6.07 Å². The van der Waals surface area contributed by atoms with Crippen LogP contribution in [-0.4, -0.2) is 16.0 Å². The van der Waals surface area contributed by atoms with Crippen LogP contribution >= 0.6 is 0 Å². The van der Waals surface area contributed by atoms with Gasteiger partial charge in [-0.3, -0.25) is 9.78 Å². The lowest BCUT2D eigenvalue weighted by Crippen LogP contribution is -2.23. The molecule has 1 heterocycles. The Morgan fingerprint density at radius 1 is 1.24 bits per heavy atom. The van der Waals surface area contributed by atoms with Gasteiger partial charge in [-0.05, 0) is 29.8 Å². The van der Waals surface area contributed by atoms with Gasteiger partial charge in [0.1, 0.15) is 11.4 Å². The van der Waals surface area contributed by atoms with Crippen LogP contribution in [0.3, 0.4) is 0 Å². The number of aromatic hydroxyl groups is 1. The van der Waals surface area contributed by atoms with Gasteiger partial charge in [-0.1, -0.05) is 18.2 Å². The van der Waals surface area contributed by atoms with E-state index in [0.29, 0.717) is 12.2 Å². The van der Waals surface area contributed by atoms with Crippen LogP contribution in [0.2, 0.25) is 0 Å². The number of rotatable bonds is 3. The molecule has 0 saturated carbocycles. The summed E-state index contributed by atoms with van der Waals surface area (Å²) in [4.78, 5) is 15.6. The molecule has 0 radical (unpaired) electrons. The van der Waals surface area contributed by atoms with Gasteiger partial charge in [0, 0.05) is 12.7 Å². The number of nitrogens with zero attached hydrogens (tertiary/aromatic N) is 1. The third-order valence-electron chi connectivity index (χ3n) is 2.26. The van der Waals surface area contributed by atoms with Crippen molar-refractivity contribution in [3.63, 3.8) is 0 Å². The van der Waals surface area contributed by atoms with E-state index in [1.165, 1.54) is 0 Å². The summed E-state index contributed by atoms with van der Waals surface area (Å²) in [5.41, 5.74) is 1.22. The Bertz CT molecular complexity index is 512. The van der Waals surface area contributed by atoms with E-state index in [1.54, 1.807) is 42.6 Å². The molecule has 1 amide bonds. The molecule has 2 rings (SSSR count). The number of nitrogens with one attached hydrogen (secondary N) is 1. The first kappa shape index (κ1) is 11.1. The lowest BCUT2D eigenvalue weighted by atomic mass is 10.2. The zero-order valence-electron chi connectivity index (χ0n) is 9.13. The first-order valence-corrected chi connectivity index (χ1v) is 5.23. The van der Waals surface area contributed by atoms with Crippen molar-refractivity contribution in [3.8, 4) is 5.75 Å². The highest BCUT2D eigenvalue weighted by Crippen LogP contribution is 2.10. The highest BCUT2D eigenvalue weighted by atomic mass is 16.3. The van der Waals surface area contributed by atoms with Crippen molar-refractivity contribution < 1.29 is 9.90 Å². The normalized spacial score (nSPS) is 9.88. The predicted octanol–water partition coefficient (Wildman–Crippen LogP) is 1.72. The Hall–Kier alpha value is -2.36. The number of carbonyl (C=O) groups excluding carboxylic acids is 1. The van der Waals surface area contributed by atoms with Crippen LogP contribution in [0.4, 0.5) is 0 Å². The van der Waals surface area contributed by atoms with Crippen molar-refractivity contribution in [2.45, 2.75) is 6.54 Å². The largest absolute Gasteiger partial charge is 0.508 e. The summed E-state index contributed by atoms with van der Waals surface area (Å²) in [5, 5.41) is 12.0. The molecule has 0 aliphatic heterocycles. The quantitative estimate of drug-likeness (QED) is 0.840. The number of pyridine rings is 1. The molecule has 0 spiro atoms. The molecule has 1 aromatic carbocycles. The first-order chi connectivity index (χ1) is 8.25. The third kappa shape index (κ3) is 3.04. The maximum absolute atomic E-state index is 11.7. The van der Waals surface area contributed by atoms with Gasteiger partial charge in [-0.2, -0.15) is 0 Å². The molecule has 0 saturated heterocycles. The molecule has 4 heteroatoms. The van der Waals surface area contributed by atoms with Gasteiger partial charge in [-0.25, -0.2) is 0 Å². The fourth-order valence-corrected chi connectivity index (χ4v) is 1.44. The lowest BCUT2D eigenvalue weighted by molar-refractivity contribution is 0.0946. The molecule has 0 aliphatic rings. The minimum Gasteiger partial charge on any atom is -0.508 e. The Morgan fingerprint density at radius 2 is 2.12 bits per heavy atom. The number of amides is 1. The van der Waals surface area contributed by atoms with E-state index in [9.17, 15) is 9.90 Å². The average molecular weight is 228 g/mol. The van der Waals surface area contributed by atoms with E-state index < -0.39 is 0 Å². The summed E-state index contributed by atoms with van der Waals surface area (Å²) in [6.45, 7) is 0.365. The summed E-state index contributed by atoms with van der Waals surface area (Å²) < 4.78 is 0. The smallest absolute Gasteiger partial charge is 0.270 e. The zero-order valence-corrected chi connectivity index (χ0v) is 9.13. The summed E-state index contributed by atoms with van der Waals surface area (Å²) in [7, 11) is 0. The van der Waals surface area contributed by atoms with Crippen molar-refractivity contribution in [2.24, 2.45) is 0 Å². The van der Waals surface area contributed by atoms with Crippen molar-refractivity contribution in [2.75, 3.05) is 0 Å². The highest BCUT2D eigenvalue weighted by molar-refractivity contribution is 5.92. The molecule has 2 N–H and O–H groups in total. The van der Waals surface area contributed by atoms with Crippen molar-refractivity contribution >= 4 is 5.91 Å². The van der Waals surface area contributed by atoms with E-state index in [4.69, 9.17) is 0 Å². The number of phenolic OH excluding ortho intramolecular Hbond substituents is 1. The second-order valence-corrected chi connectivity index (χ2v) is 3.57. The molecule has 0 bridgehead atoms. The van der Waals surface area contributed by atoms with Gasteiger partial charge >= 0.3 is 0 Å². The van der Waals surface area contributed by atoms with Gasteiger partial charge in [0.2, 0.25) is 0 Å². The van der Waals surface area contributed by atoms with Crippen LogP contribution in [0.1, 0.15) is 16.1 Å². The van der Waals surface area contributed by atoms with Crippen LogP contribution in [0.25, 0.3) is 0 Å². The van der Waals surface area contributed by atoms with Gasteiger partial charge in [0.05, 0.1) is 0 Å². The number of aromatic nitrogens is 1. The predicted molar refractivity (Wildman–Crippen MR) is 63.5 cm³/mol. The van der Waals surface area contributed by atoms with Gasteiger partial charge in [0.15, 0.2) is 0 Å². The van der Waals surface area contributed by atoms with E-state index in [-0.39, 0.29) is 11.7 Å². The number of hydrogen-bond donors (Lipinski definition) is 2. The van der Waals surface area contributed by atoms with Crippen molar-refractivity contribution in [3.05, 3.63) is 59.9 Å². The maximum atomic E-state index is 11.7. The summed E-state index contributed by atoms with van der Waals surface area (Å²) in [6, 6.07) is 11.9. The Morgan fingerprint density at radius 3 is 2.82 bits per heavy atom. The van der Waals surface area contributed by atoms with E-state index in [0.717, 1.165) is 5.56 Å². The molecular weight excluding hydrogens is 216 g/mol. The Kier molecular flexibility index (Phi) is 3.35. The van der Waals surface area contributed by atoms with E-state index in [2.05, 4.69) is 10.3 Å². The molecule has 0 aliphatic carbocycles. The summed E-state index contributed by atoms with van der Waals surface area (Å²) >= 11 is 0. The number of hydrogen-bond acceptors (Lipinski definition) is 3. The maximum Gasteiger partial charge on any atom is 0.270 e. The molecule has 86 valence electrons. The SMILES string of the molecule is O=C(NCc1cccc(O)c1)c1ccccn1. The molecule has 0 atom stereocenters. The molecule has 0 fully saturated rings. The standard InChI is InChI=1S/C13H12N2O2/c16-11-5-3-4-10(8-11)9-15-13(17)12-6-1-2-7-14-12/h1-8,16H,9H2,(H,15,17). The molecule has 2 aromatic rings. The van der Waals surface area contributed by atoms with Gasteiger partial charge in [0.25, 0.3) is 5.91 Å². The first-order valence-electron chi connectivity index (χ1n) is 5.23. The Balaban J connectivity index is 1.97. The second kappa shape index (κ2) is 5.12. The van der Waals surface area contributed by atoms with Crippen LogP contribution in [0, 0.1) is 0 Å². The number of benzene rings is 1. The second-order valence-electron chi connectivity index (χ2n) is 3.57. The number of phenols is 1. The van der Waals surface area contributed by atoms with Gasteiger partial charge < -0.3 is 10.4 Å². The minimum atomic E-state index is -0.228. The van der Waals surface area contributed by atoms with Crippen molar-refractivity contribution in [1.82, 2.24) is 10.3 Å². The molecule has 0 unspecified atom stereocenters. The average Bonchev–Trinajstić information content (AvgIpc) is 2.37. The molecule has 1 aromatic heterocycles. The number of carbonyl (C=O) groups is 1. The Labute approximate surface area is 98.9 Å². The van der Waals surface area contributed by atoms with Gasteiger partial charge in [-0.15, -0.1) is 0 Å². The lowest BCUT2D eigenvalue weighted by Gasteiger charge is -2.04. The minimum absolute atomic E-state index is 0.189. The topological polar surface area (TPSA) is 62.2 Å². The summed E-state index contributed by atoms with van der Waals surface area (Å²) in [5.74, 6) is -0.0384. The van der Waals surface area contributed by atoms with E-state index >= 15 is 0 Å². The molecule has 4 nitrogen and oxygen atoms in total.